The van der Waals surface area contributed by atoms with E-state index in [0.717, 1.165) is 47.3 Å². The van der Waals surface area contributed by atoms with Crippen molar-refractivity contribution in [1.29, 1.82) is 0 Å². The molecule has 3 aromatic rings. The summed E-state index contributed by atoms with van der Waals surface area (Å²) in [5.74, 6) is 0.823. The predicted molar refractivity (Wildman–Crippen MR) is 131 cm³/mol. The van der Waals surface area contributed by atoms with Crippen molar-refractivity contribution in [2.75, 3.05) is 26.9 Å². The number of nitrogens with zero attached hydrogens (tertiary/aromatic N) is 2. The number of carbonyl (C=O) groups excluding carboxylic acids is 1. The number of nitrogens with one attached hydrogen (secondary N) is 1. The quantitative estimate of drug-likeness (QED) is 0.406. The molecule has 0 spiro atoms. The third kappa shape index (κ3) is 4.53. The molecule has 2 aromatic carbocycles. The van der Waals surface area contributed by atoms with E-state index < -0.39 is 0 Å². The van der Waals surface area contributed by atoms with Crippen LogP contribution in [0.5, 0.6) is 11.5 Å². The van der Waals surface area contributed by atoms with E-state index >= 15 is 0 Å². The van der Waals surface area contributed by atoms with Gasteiger partial charge in [0.1, 0.15) is 22.9 Å². The highest BCUT2D eigenvalue weighted by atomic mass is 16.5. The molecule has 1 atom stereocenters. The van der Waals surface area contributed by atoms with Gasteiger partial charge < -0.3 is 19.5 Å². The molecule has 1 unspecified atom stereocenters. The number of fused-ring (bicyclic) bond motifs is 1. The molecule has 0 saturated carbocycles. The minimum atomic E-state index is -0.370. The number of aromatic amines is 1. The predicted octanol–water partition coefficient (Wildman–Crippen LogP) is 5.16. The van der Waals surface area contributed by atoms with Gasteiger partial charge in [-0.3, -0.25) is 9.89 Å². The summed E-state index contributed by atoms with van der Waals surface area (Å²) < 4.78 is 11.3. The first-order valence-electron chi connectivity index (χ1n) is 11.9. The standard InChI is InChI=1S/C27H33N3O4/c1-5-6-7-12-34-20-10-8-9-19(16-20)25-22-23(21-15-17(2)14-18(3)26(21)31)28-29-24(22)27(32)30(25)11-13-33-4/h8-10,14-16,25,31H,5-7,11-13H2,1-4H3,(H,28,29). The van der Waals surface area contributed by atoms with Crippen molar-refractivity contribution in [1.82, 2.24) is 15.1 Å². The number of phenolic OH excluding ortho intramolecular Hbond substituents is 1. The minimum absolute atomic E-state index is 0.131. The topological polar surface area (TPSA) is 87.7 Å². The summed E-state index contributed by atoms with van der Waals surface area (Å²) >= 11 is 0. The van der Waals surface area contributed by atoms with Gasteiger partial charge in [0.15, 0.2) is 0 Å². The largest absolute Gasteiger partial charge is 0.507 e. The van der Waals surface area contributed by atoms with Gasteiger partial charge >= 0.3 is 0 Å². The molecule has 0 fully saturated rings. The van der Waals surface area contributed by atoms with E-state index in [9.17, 15) is 9.90 Å². The van der Waals surface area contributed by atoms with Crippen LogP contribution in [-0.2, 0) is 4.74 Å². The van der Waals surface area contributed by atoms with Crippen molar-refractivity contribution in [3.05, 3.63) is 64.3 Å². The average molecular weight is 464 g/mol. The van der Waals surface area contributed by atoms with E-state index in [1.807, 2.05) is 50.2 Å². The molecule has 0 radical (unpaired) electrons. The Balaban J connectivity index is 1.78. The van der Waals surface area contributed by atoms with E-state index in [1.165, 1.54) is 0 Å². The molecule has 7 nitrogen and oxygen atoms in total. The number of hydrogen-bond acceptors (Lipinski definition) is 5. The zero-order valence-corrected chi connectivity index (χ0v) is 20.4. The maximum absolute atomic E-state index is 13.4. The van der Waals surface area contributed by atoms with E-state index in [4.69, 9.17) is 9.47 Å². The molecule has 0 bridgehead atoms. The zero-order valence-electron chi connectivity index (χ0n) is 20.4. The third-order valence-electron chi connectivity index (χ3n) is 6.29. The first-order valence-corrected chi connectivity index (χ1v) is 11.9. The van der Waals surface area contributed by atoms with E-state index in [1.54, 1.807) is 12.0 Å². The fourth-order valence-corrected chi connectivity index (χ4v) is 4.63. The maximum atomic E-state index is 13.4. The van der Waals surface area contributed by atoms with Crippen molar-refractivity contribution in [3.63, 3.8) is 0 Å². The van der Waals surface area contributed by atoms with Gasteiger partial charge in [-0.2, -0.15) is 5.10 Å². The Morgan fingerprint density at radius 2 is 1.97 bits per heavy atom. The SMILES string of the molecule is CCCCCOc1cccc(C2c3c(-c4cc(C)cc(C)c4O)n[nH]c3C(=O)N2CCOC)c1. The number of methoxy groups -OCH3 is 1. The van der Waals surface area contributed by atoms with Crippen LogP contribution in [0.15, 0.2) is 36.4 Å². The van der Waals surface area contributed by atoms with E-state index in [-0.39, 0.29) is 17.7 Å². The summed E-state index contributed by atoms with van der Waals surface area (Å²) in [6.45, 7) is 7.52. The normalized spacial score (nSPS) is 15.1. The Morgan fingerprint density at radius 1 is 1.15 bits per heavy atom. The Kier molecular flexibility index (Phi) is 7.22. The fraction of sp³-hybridized carbons (Fsp3) is 0.407. The summed E-state index contributed by atoms with van der Waals surface area (Å²) in [7, 11) is 1.63. The molecule has 34 heavy (non-hydrogen) atoms. The van der Waals surface area contributed by atoms with Crippen molar-refractivity contribution < 1.29 is 19.4 Å². The number of rotatable bonds is 10. The highest BCUT2D eigenvalue weighted by molar-refractivity contribution is 6.00. The van der Waals surface area contributed by atoms with Crippen LogP contribution in [0.1, 0.15) is 65.0 Å². The van der Waals surface area contributed by atoms with Gasteiger partial charge in [0.25, 0.3) is 5.91 Å². The Labute approximate surface area is 200 Å². The smallest absolute Gasteiger partial charge is 0.273 e. The lowest BCUT2D eigenvalue weighted by Crippen LogP contribution is -2.32. The van der Waals surface area contributed by atoms with Crippen molar-refractivity contribution >= 4 is 5.91 Å². The zero-order chi connectivity index (χ0) is 24.2. The van der Waals surface area contributed by atoms with Crippen LogP contribution in [0, 0.1) is 13.8 Å². The number of benzene rings is 2. The summed E-state index contributed by atoms with van der Waals surface area (Å²) in [5.41, 5.74) is 5.14. The molecule has 2 N–H and O–H groups in total. The van der Waals surface area contributed by atoms with E-state index in [0.29, 0.717) is 36.7 Å². The highest BCUT2D eigenvalue weighted by Gasteiger charge is 2.42. The molecule has 1 aromatic heterocycles. The second-order valence-corrected chi connectivity index (χ2v) is 8.86. The number of amides is 1. The molecule has 1 aliphatic heterocycles. The number of aryl methyl sites for hydroxylation is 2. The van der Waals surface area contributed by atoms with Crippen LogP contribution in [0.3, 0.4) is 0 Å². The lowest BCUT2D eigenvalue weighted by Gasteiger charge is -2.26. The molecule has 2 heterocycles. The Bertz CT molecular complexity index is 1170. The lowest BCUT2D eigenvalue weighted by molar-refractivity contribution is 0.0677. The first-order chi connectivity index (χ1) is 16.5. The Hall–Kier alpha value is -3.32. The van der Waals surface area contributed by atoms with Crippen molar-refractivity contribution in [3.8, 4) is 22.8 Å². The number of H-pyrrole nitrogens is 1. The van der Waals surface area contributed by atoms with Gasteiger partial charge in [0, 0.05) is 24.8 Å². The number of carbonyl (C=O) groups is 1. The van der Waals surface area contributed by atoms with Gasteiger partial charge in [-0.15, -0.1) is 0 Å². The molecule has 7 heteroatoms. The van der Waals surface area contributed by atoms with Crippen LogP contribution in [-0.4, -0.2) is 53.0 Å². The van der Waals surface area contributed by atoms with Gasteiger partial charge in [0.2, 0.25) is 0 Å². The van der Waals surface area contributed by atoms with Crippen LogP contribution in [0.4, 0.5) is 0 Å². The van der Waals surface area contributed by atoms with Gasteiger partial charge in [-0.05, 0) is 55.2 Å². The van der Waals surface area contributed by atoms with Crippen LogP contribution in [0.2, 0.25) is 0 Å². The second-order valence-electron chi connectivity index (χ2n) is 8.86. The molecule has 0 saturated heterocycles. The molecule has 0 aliphatic carbocycles. The number of ether oxygens (including phenoxy) is 2. The number of phenols is 1. The second kappa shape index (κ2) is 10.3. The summed E-state index contributed by atoms with van der Waals surface area (Å²) in [6.07, 6.45) is 3.27. The number of aromatic nitrogens is 2. The highest BCUT2D eigenvalue weighted by Crippen LogP contribution is 2.45. The van der Waals surface area contributed by atoms with Crippen LogP contribution in [0.25, 0.3) is 11.3 Å². The molecule has 180 valence electrons. The minimum Gasteiger partial charge on any atom is -0.507 e. The maximum Gasteiger partial charge on any atom is 0.273 e. The summed E-state index contributed by atoms with van der Waals surface area (Å²) in [4.78, 5) is 15.2. The van der Waals surface area contributed by atoms with Crippen molar-refractivity contribution in [2.24, 2.45) is 0 Å². The number of aromatic hydroxyl groups is 1. The van der Waals surface area contributed by atoms with Crippen LogP contribution >= 0.6 is 0 Å². The first kappa shape index (κ1) is 23.8. The fourth-order valence-electron chi connectivity index (χ4n) is 4.63. The molecular formula is C27H33N3O4. The van der Waals surface area contributed by atoms with Crippen molar-refractivity contribution in [2.45, 2.75) is 46.1 Å². The van der Waals surface area contributed by atoms with Gasteiger partial charge in [-0.1, -0.05) is 38.0 Å². The number of hydrogen-bond donors (Lipinski definition) is 2. The monoisotopic (exact) mass is 463 g/mol. The molecule has 1 aliphatic rings. The molecule has 1 amide bonds. The van der Waals surface area contributed by atoms with Gasteiger partial charge in [-0.25, -0.2) is 0 Å². The number of unbranched alkanes of at least 4 members (excludes halogenated alkanes) is 2. The third-order valence-corrected chi connectivity index (χ3v) is 6.29. The summed E-state index contributed by atoms with van der Waals surface area (Å²) in [5, 5.41) is 18.3. The van der Waals surface area contributed by atoms with Crippen LogP contribution < -0.4 is 4.74 Å². The van der Waals surface area contributed by atoms with E-state index in [2.05, 4.69) is 17.1 Å². The molecular weight excluding hydrogens is 430 g/mol. The average Bonchev–Trinajstić information content (AvgIpc) is 3.36. The molecule has 4 rings (SSSR count). The Morgan fingerprint density at radius 3 is 2.74 bits per heavy atom. The van der Waals surface area contributed by atoms with Gasteiger partial charge in [0.05, 0.1) is 19.3 Å². The lowest BCUT2D eigenvalue weighted by atomic mass is 9.94. The summed E-state index contributed by atoms with van der Waals surface area (Å²) in [6, 6.07) is 11.4.